The first-order chi connectivity index (χ1) is 10.8. The van der Waals surface area contributed by atoms with Gasteiger partial charge in [-0.3, -0.25) is 9.20 Å². The van der Waals surface area contributed by atoms with Crippen LogP contribution in [0.25, 0.3) is 0 Å². The van der Waals surface area contributed by atoms with Crippen molar-refractivity contribution in [2.75, 3.05) is 30.9 Å². The lowest BCUT2D eigenvalue weighted by atomic mass is 10.2. The Bertz CT molecular complexity index is 487. The molecule has 1 saturated heterocycles. The fraction of sp³-hybridized carbons (Fsp3) is 0.562. The van der Waals surface area contributed by atoms with Crippen molar-refractivity contribution in [1.29, 1.82) is 0 Å². The van der Waals surface area contributed by atoms with Crippen LogP contribution < -0.4 is 10.6 Å². The van der Waals surface area contributed by atoms with Gasteiger partial charge in [-0.15, -0.1) is 0 Å². The number of nitrogens with one attached hydrogen (secondary N) is 2. The van der Waals surface area contributed by atoms with E-state index in [1.54, 1.807) is 7.05 Å². The minimum atomic E-state index is -0.845. The van der Waals surface area contributed by atoms with E-state index in [4.69, 9.17) is 0 Å². The predicted octanol–water partition coefficient (Wildman–Crippen LogP) is 2.00. The molecule has 1 fully saturated rings. The van der Waals surface area contributed by atoms with Gasteiger partial charge in [0.15, 0.2) is 5.96 Å². The maximum atomic E-state index is 12.1. The summed E-state index contributed by atoms with van der Waals surface area (Å²) in [6.45, 7) is 0.680. The molecule has 6 heteroatoms. The van der Waals surface area contributed by atoms with E-state index in [2.05, 4.69) is 15.6 Å². The Labute approximate surface area is 140 Å². The molecule has 0 bridgehead atoms. The maximum Gasteiger partial charge on any atom is 0.191 e. The molecule has 0 amide bonds. The molecule has 0 aliphatic carbocycles. The molecule has 2 N–H and O–H groups in total. The van der Waals surface area contributed by atoms with Crippen molar-refractivity contribution in [3.8, 4) is 0 Å². The molecule has 1 aliphatic heterocycles. The summed E-state index contributed by atoms with van der Waals surface area (Å²) in [5.74, 6) is 4.48. The molecule has 1 aromatic rings. The number of guanidine groups is 1. The number of nitrogens with zero attached hydrogens (tertiary/aromatic N) is 1. The van der Waals surface area contributed by atoms with E-state index in [0.29, 0.717) is 24.1 Å². The van der Waals surface area contributed by atoms with Crippen molar-refractivity contribution in [2.45, 2.75) is 24.6 Å². The van der Waals surface area contributed by atoms with Gasteiger partial charge in [0, 0.05) is 47.7 Å². The largest absolute Gasteiger partial charge is 0.355 e. The Morgan fingerprint density at radius 1 is 1.41 bits per heavy atom. The van der Waals surface area contributed by atoms with Gasteiger partial charge < -0.3 is 10.6 Å². The number of aliphatic imine (C=N–C) groups is 1. The zero-order valence-electron chi connectivity index (χ0n) is 13.1. The van der Waals surface area contributed by atoms with E-state index in [-0.39, 0.29) is 0 Å². The third-order valence-electron chi connectivity index (χ3n) is 3.52. The quantitative estimate of drug-likeness (QED) is 0.615. The zero-order chi connectivity index (χ0) is 15.6. The van der Waals surface area contributed by atoms with Crippen LogP contribution in [0.4, 0.5) is 0 Å². The number of hydrogen-bond acceptors (Lipinski definition) is 3. The van der Waals surface area contributed by atoms with Gasteiger partial charge >= 0.3 is 0 Å². The fourth-order valence-corrected chi connectivity index (χ4v) is 4.47. The van der Waals surface area contributed by atoms with Crippen LogP contribution in [0.3, 0.4) is 0 Å². The van der Waals surface area contributed by atoms with Crippen LogP contribution in [0.15, 0.2) is 35.3 Å². The first kappa shape index (κ1) is 17.3. The molecule has 1 aliphatic rings. The Balaban J connectivity index is 1.66. The zero-order valence-corrected chi connectivity index (χ0v) is 14.7. The molecule has 122 valence electrons. The van der Waals surface area contributed by atoms with E-state index < -0.39 is 10.8 Å². The molecular weight excluding hydrogens is 314 g/mol. The molecule has 22 heavy (non-hydrogen) atoms. The molecule has 4 nitrogen and oxygen atoms in total. The Hall–Kier alpha value is -1.01. The van der Waals surface area contributed by atoms with Crippen LogP contribution in [-0.4, -0.2) is 47.1 Å². The average Bonchev–Trinajstić information content (AvgIpc) is 2.56. The summed E-state index contributed by atoms with van der Waals surface area (Å²) < 4.78 is 12.1. The SMILES string of the molecule is CN=C(NCCS(=O)Cc1ccccc1)NC1CCCSC1. The van der Waals surface area contributed by atoms with Crippen LogP contribution in [-0.2, 0) is 16.6 Å². The highest BCUT2D eigenvalue weighted by atomic mass is 32.2. The highest BCUT2D eigenvalue weighted by Crippen LogP contribution is 2.16. The van der Waals surface area contributed by atoms with Gasteiger partial charge in [-0.1, -0.05) is 30.3 Å². The minimum absolute atomic E-state index is 0.500. The first-order valence-electron chi connectivity index (χ1n) is 7.72. The van der Waals surface area contributed by atoms with Crippen molar-refractivity contribution in [3.05, 3.63) is 35.9 Å². The molecule has 0 aromatic heterocycles. The highest BCUT2D eigenvalue weighted by Gasteiger charge is 2.14. The smallest absolute Gasteiger partial charge is 0.191 e. The summed E-state index contributed by atoms with van der Waals surface area (Å²) in [5.41, 5.74) is 1.13. The Morgan fingerprint density at radius 2 is 2.23 bits per heavy atom. The second kappa shape index (κ2) is 9.90. The molecule has 2 rings (SSSR count). The van der Waals surface area contributed by atoms with Crippen molar-refractivity contribution in [2.24, 2.45) is 4.99 Å². The molecule has 0 radical (unpaired) electrons. The normalized spacial score (nSPS) is 20.4. The number of benzene rings is 1. The molecule has 0 spiro atoms. The van der Waals surface area contributed by atoms with Gasteiger partial charge in [-0.2, -0.15) is 11.8 Å². The van der Waals surface area contributed by atoms with E-state index in [1.807, 2.05) is 42.1 Å². The van der Waals surface area contributed by atoms with E-state index >= 15 is 0 Å². The van der Waals surface area contributed by atoms with E-state index in [9.17, 15) is 4.21 Å². The molecule has 0 saturated carbocycles. The maximum absolute atomic E-state index is 12.1. The van der Waals surface area contributed by atoms with Gasteiger partial charge in [0.25, 0.3) is 0 Å². The number of rotatable bonds is 6. The van der Waals surface area contributed by atoms with E-state index in [1.165, 1.54) is 18.6 Å². The van der Waals surface area contributed by atoms with Crippen molar-refractivity contribution < 1.29 is 4.21 Å². The third-order valence-corrected chi connectivity index (χ3v) is 6.05. The lowest BCUT2D eigenvalue weighted by Crippen LogP contribution is -2.46. The molecule has 1 aromatic carbocycles. The first-order valence-corrected chi connectivity index (χ1v) is 10.4. The van der Waals surface area contributed by atoms with Crippen LogP contribution >= 0.6 is 11.8 Å². The highest BCUT2D eigenvalue weighted by molar-refractivity contribution is 7.99. The second-order valence-electron chi connectivity index (χ2n) is 5.33. The summed E-state index contributed by atoms with van der Waals surface area (Å²) >= 11 is 1.99. The summed E-state index contributed by atoms with van der Waals surface area (Å²) in [6.07, 6.45) is 2.47. The van der Waals surface area contributed by atoms with Crippen LogP contribution in [0.2, 0.25) is 0 Å². The van der Waals surface area contributed by atoms with Crippen LogP contribution in [0.1, 0.15) is 18.4 Å². The Morgan fingerprint density at radius 3 is 2.91 bits per heavy atom. The summed E-state index contributed by atoms with van der Waals surface area (Å²) in [4.78, 5) is 4.25. The van der Waals surface area contributed by atoms with Crippen LogP contribution in [0.5, 0.6) is 0 Å². The van der Waals surface area contributed by atoms with Gasteiger partial charge in [0.05, 0.1) is 0 Å². The van der Waals surface area contributed by atoms with E-state index in [0.717, 1.165) is 17.3 Å². The van der Waals surface area contributed by atoms with Gasteiger partial charge in [-0.25, -0.2) is 0 Å². The number of thioether (sulfide) groups is 1. The topological polar surface area (TPSA) is 53.5 Å². The predicted molar refractivity (Wildman–Crippen MR) is 98.0 cm³/mol. The van der Waals surface area contributed by atoms with Crippen molar-refractivity contribution in [1.82, 2.24) is 10.6 Å². The molecule has 2 atom stereocenters. The van der Waals surface area contributed by atoms with Gasteiger partial charge in [-0.05, 0) is 24.2 Å². The second-order valence-corrected chi connectivity index (χ2v) is 8.06. The lowest BCUT2D eigenvalue weighted by molar-refractivity contribution is 0.583. The molecule has 1 heterocycles. The van der Waals surface area contributed by atoms with Crippen molar-refractivity contribution in [3.63, 3.8) is 0 Å². The Kier molecular flexibility index (Phi) is 7.80. The monoisotopic (exact) mass is 339 g/mol. The summed E-state index contributed by atoms with van der Waals surface area (Å²) in [7, 11) is 0.938. The molecular formula is C16H25N3OS2. The summed E-state index contributed by atoms with van der Waals surface area (Å²) in [6, 6.07) is 10.5. The lowest BCUT2D eigenvalue weighted by Gasteiger charge is -2.24. The van der Waals surface area contributed by atoms with Crippen LogP contribution in [0, 0.1) is 0 Å². The fourth-order valence-electron chi connectivity index (χ4n) is 2.36. The number of hydrogen-bond donors (Lipinski definition) is 2. The molecule has 2 unspecified atom stereocenters. The minimum Gasteiger partial charge on any atom is -0.355 e. The van der Waals surface area contributed by atoms with Crippen molar-refractivity contribution >= 4 is 28.5 Å². The average molecular weight is 340 g/mol. The third kappa shape index (κ3) is 6.40. The standard InChI is InChI=1S/C16H25N3OS2/c1-17-16(19-15-8-5-10-21-12-15)18-9-11-22(20)13-14-6-3-2-4-7-14/h2-4,6-7,15H,5,8-13H2,1H3,(H2,17,18,19). The van der Waals surface area contributed by atoms with Gasteiger partial charge in [0.1, 0.15) is 0 Å². The summed E-state index contributed by atoms with van der Waals surface area (Å²) in [5, 5.41) is 6.72. The van der Waals surface area contributed by atoms with Gasteiger partial charge in [0.2, 0.25) is 0 Å².